The van der Waals surface area contributed by atoms with Crippen molar-refractivity contribution in [3.63, 3.8) is 0 Å². The van der Waals surface area contributed by atoms with Gasteiger partial charge < -0.3 is 9.84 Å². The smallest absolute Gasteiger partial charge is 0.173 e. The van der Waals surface area contributed by atoms with E-state index < -0.39 is 0 Å². The molecule has 4 heteroatoms. The van der Waals surface area contributed by atoms with E-state index in [-0.39, 0.29) is 11.4 Å². The van der Waals surface area contributed by atoms with Gasteiger partial charge in [-0.2, -0.15) is 0 Å². The van der Waals surface area contributed by atoms with Gasteiger partial charge in [-0.25, -0.2) is 0 Å². The quantitative estimate of drug-likeness (QED) is 0.795. The number of hydrogen-bond acceptors (Lipinski definition) is 4. The van der Waals surface area contributed by atoms with Gasteiger partial charge >= 0.3 is 0 Å². The molecule has 3 nitrogen and oxygen atoms in total. The SMILES string of the molecule is CNSc1c(C)c(C)c2c(c1O)OC(C)(C)C2. The summed E-state index contributed by atoms with van der Waals surface area (Å²) in [6.07, 6.45) is 0.854. The molecule has 94 valence electrons. The third-order valence-electron chi connectivity index (χ3n) is 3.24. The average molecular weight is 253 g/mol. The van der Waals surface area contributed by atoms with E-state index in [4.69, 9.17) is 4.74 Å². The van der Waals surface area contributed by atoms with Crippen LogP contribution in [0.5, 0.6) is 11.5 Å². The summed E-state index contributed by atoms with van der Waals surface area (Å²) in [7, 11) is 1.84. The molecule has 1 aliphatic heterocycles. The van der Waals surface area contributed by atoms with Crippen molar-refractivity contribution in [2.75, 3.05) is 7.05 Å². The highest BCUT2D eigenvalue weighted by Crippen LogP contribution is 2.49. The van der Waals surface area contributed by atoms with Gasteiger partial charge in [-0.05, 0) is 57.8 Å². The molecule has 0 aliphatic carbocycles. The van der Waals surface area contributed by atoms with E-state index in [0.29, 0.717) is 5.75 Å². The third kappa shape index (κ3) is 2.00. The van der Waals surface area contributed by atoms with Gasteiger partial charge in [0.15, 0.2) is 11.5 Å². The van der Waals surface area contributed by atoms with Crippen LogP contribution in [-0.4, -0.2) is 17.8 Å². The van der Waals surface area contributed by atoms with Crippen molar-refractivity contribution in [3.05, 3.63) is 16.7 Å². The standard InChI is InChI=1S/C13H19NO2S/c1-7-8(2)12(17-14-5)10(15)11-9(7)6-13(3,4)16-11/h14-15H,6H2,1-5H3. The largest absolute Gasteiger partial charge is 0.503 e. The maximum atomic E-state index is 10.3. The summed E-state index contributed by atoms with van der Waals surface area (Å²) in [6.45, 7) is 8.23. The van der Waals surface area contributed by atoms with E-state index in [0.717, 1.165) is 22.4 Å². The third-order valence-corrected chi connectivity index (χ3v) is 4.15. The summed E-state index contributed by atoms with van der Waals surface area (Å²) in [5, 5.41) is 10.3. The molecule has 1 aromatic rings. The number of rotatable bonds is 2. The Labute approximate surface area is 107 Å². The van der Waals surface area contributed by atoms with Crippen LogP contribution in [-0.2, 0) is 6.42 Å². The van der Waals surface area contributed by atoms with Crippen LogP contribution in [0.2, 0.25) is 0 Å². The monoisotopic (exact) mass is 253 g/mol. The zero-order valence-electron chi connectivity index (χ0n) is 11.0. The molecule has 0 fully saturated rings. The average Bonchev–Trinajstić information content (AvgIpc) is 2.58. The molecule has 1 aromatic carbocycles. The number of phenols is 1. The fourth-order valence-corrected chi connectivity index (χ4v) is 2.98. The lowest BCUT2D eigenvalue weighted by atomic mass is 9.95. The second-order valence-corrected chi connectivity index (χ2v) is 6.10. The molecule has 0 radical (unpaired) electrons. The summed E-state index contributed by atoms with van der Waals surface area (Å²) >= 11 is 1.43. The summed E-state index contributed by atoms with van der Waals surface area (Å²) in [6, 6.07) is 0. The Bertz CT molecular complexity index is 469. The lowest BCUT2D eigenvalue weighted by Crippen LogP contribution is -2.24. The molecule has 1 aliphatic rings. The maximum absolute atomic E-state index is 10.3. The minimum Gasteiger partial charge on any atom is -0.503 e. The van der Waals surface area contributed by atoms with Crippen LogP contribution < -0.4 is 9.46 Å². The molecule has 0 atom stereocenters. The van der Waals surface area contributed by atoms with E-state index in [1.165, 1.54) is 17.5 Å². The first kappa shape index (κ1) is 12.6. The molecule has 0 aromatic heterocycles. The van der Waals surface area contributed by atoms with Gasteiger partial charge in [0, 0.05) is 12.0 Å². The van der Waals surface area contributed by atoms with Crippen LogP contribution in [0.3, 0.4) is 0 Å². The van der Waals surface area contributed by atoms with E-state index in [1.54, 1.807) is 0 Å². The number of aromatic hydroxyl groups is 1. The minimum absolute atomic E-state index is 0.222. The van der Waals surface area contributed by atoms with Crippen LogP contribution in [0.1, 0.15) is 30.5 Å². The molecule has 2 rings (SSSR count). The predicted octanol–water partition coefficient (Wildman–Crippen LogP) is 2.95. The summed E-state index contributed by atoms with van der Waals surface area (Å²) < 4.78 is 8.86. The van der Waals surface area contributed by atoms with Crippen LogP contribution in [0.4, 0.5) is 0 Å². The van der Waals surface area contributed by atoms with Crippen LogP contribution >= 0.6 is 11.9 Å². The topological polar surface area (TPSA) is 41.5 Å². The molecule has 2 N–H and O–H groups in total. The molecule has 1 heterocycles. The van der Waals surface area contributed by atoms with Gasteiger partial charge in [0.1, 0.15) is 5.60 Å². The lowest BCUT2D eigenvalue weighted by Gasteiger charge is -2.18. The summed E-state index contributed by atoms with van der Waals surface area (Å²) in [4.78, 5) is 0.862. The molecule has 0 saturated carbocycles. The van der Waals surface area contributed by atoms with Gasteiger partial charge in [0.2, 0.25) is 0 Å². The number of hydrogen-bond donors (Lipinski definition) is 2. The van der Waals surface area contributed by atoms with Gasteiger partial charge in [0.05, 0.1) is 4.90 Å². The van der Waals surface area contributed by atoms with Gasteiger partial charge in [-0.1, -0.05) is 0 Å². The Morgan fingerprint density at radius 3 is 2.53 bits per heavy atom. The molecule has 17 heavy (non-hydrogen) atoms. The maximum Gasteiger partial charge on any atom is 0.173 e. The van der Waals surface area contributed by atoms with E-state index >= 15 is 0 Å². The van der Waals surface area contributed by atoms with Crippen LogP contribution in [0.25, 0.3) is 0 Å². The number of nitrogens with one attached hydrogen (secondary N) is 1. The van der Waals surface area contributed by atoms with Crippen molar-refractivity contribution < 1.29 is 9.84 Å². The number of ether oxygens (including phenoxy) is 1. The first-order chi connectivity index (χ1) is 7.87. The minimum atomic E-state index is -0.222. The molecule has 0 unspecified atom stereocenters. The highest BCUT2D eigenvalue weighted by Gasteiger charge is 2.35. The fraction of sp³-hybridized carbons (Fsp3) is 0.538. The lowest BCUT2D eigenvalue weighted by molar-refractivity contribution is 0.133. The Balaban J connectivity index is 2.61. The van der Waals surface area contributed by atoms with Crippen molar-refractivity contribution in [1.29, 1.82) is 0 Å². The summed E-state index contributed by atoms with van der Waals surface area (Å²) in [5.74, 6) is 0.934. The Morgan fingerprint density at radius 1 is 1.29 bits per heavy atom. The number of phenolic OH excluding ortho intramolecular Hbond substituents is 1. The van der Waals surface area contributed by atoms with Crippen molar-refractivity contribution in [3.8, 4) is 11.5 Å². The Hall–Kier alpha value is -0.870. The highest BCUT2D eigenvalue weighted by atomic mass is 32.2. The van der Waals surface area contributed by atoms with E-state index in [9.17, 15) is 5.11 Å². The van der Waals surface area contributed by atoms with Gasteiger partial charge in [0.25, 0.3) is 0 Å². The second kappa shape index (κ2) is 4.10. The fourth-order valence-electron chi connectivity index (χ4n) is 2.28. The van der Waals surface area contributed by atoms with Crippen molar-refractivity contribution in [2.45, 2.75) is 44.6 Å². The van der Waals surface area contributed by atoms with Crippen LogP contribution in [0, 0.1) is 13.8 Å². The molecule has 0 saturated heterocycles. The zero-order chi connectivity index (χ0) is 12.8. The van der Waals surface area contributed by atoms with Crippen molar-refractivity contribution >= 4 is 11.9 Å². The summed E-state index contributed by atoms with van der Waals surface area (Å²) in [5.41, 5.74) is 3.27. The van der Waals surface area contributed by atoms with Crippen molar-refractivity contribution in [1.82, 2.24) is 4.72 Å². The zero-order valence-corrected chi connectivity index (χ0v) is 11.8. The second-order valence-electron chi connectivity index (χ2n) is 5.08. The van der Waals surface area contributed by atoms with Gasteiger partial charge in [-0.3, -0.25) is 4.72 Å². The Morgan fingerprint density at radius 2 is 1.94 bits per heavy atom. The molecular formula is C13H19NO2S. The molecule has 0 amide bonds. The predicted molar refractivity (Wildman–Crippen MR) is 70.9 cm³/mol. The molecule has 0 bridgehead atoms. The van der Waals surface area contributed by atoms with E-state index in [2.05, 4.69) is 11.6 Å². The number of benzene rings is 1. The Kier molecular flexibility index (Phi) is 3.04. The van der Waals surface area contributed by atoms with E-state index in [1.807, 2.05) is 27.8 Å². The molecule has 0 spiro atoms. The first-order valence-corrected chi connectivity index (χ1v) is 6.56. The van der Waals surface area contributed by atoms with Crippen LogP contribution in [0.15, 0.2) is 4.90 Å². The molecular weight excluding hydrogens is 234 g/mol. The normalized spacial score (nSPS) is 16.8. The number of fused-ring (bicyclic) bond motifs is 1. The highest BCUT2D eigenvalue weighted by molar-refractivity contribution is 7.97. The van der Waals surface area contributed by atoms with Gasteiger partial charge in [-0.15, -0.1) is 0 Å². The first-order valence-electron chi connectivity index (χ1n) is 5.75. The van der Waals surface area contributed by atoms with Crippen molar-refractivity contribution in [2.24, 2.45) is 0 Å².